The second-order valence-corrected chi connectivity index (χ2v) is 11.5. The number of nitrogens with two attached hydrogens (primary N) is 1. The van der Waals surface area contributed by atoms with Crippen molar-refractivity contribution in [3.05, 3.63) is 55.8 Å². The third-order valence-corrected chi connectivity index (χ3v) is 7.62. The van der Waals surface area contributed by atoms with Gasteiger partial charge in [0.2, 0.25) is 15.9 Å². The highest BCUT2D eigenvalue weighted by molar-refractivity contribution is 9.11. The molecule has 2 amide bonds. The van der Waals surface area contributed by atoms with Crippen LogP contribution in [0.15, 0.2) is 55.1 Å². The predicted octanol–water partition coefficient (Wildman–Crippen LogP) is 3.79. The molecule has 2 aromatic rings. The molecule has 1 aliphatic heterocycles. The lowest BCUT2D eigenvalue weighted by molar-refractivity contribution is -0.122. The summed E-state index contributed by atoms with van der Waals surface area (Å²) in [5.41, 5.74) is 0.829. The second kappa shape index (κ2) is 10.0. The van der Waals surface area contributed by atoms with Crippen LogP contribution in [-0.2, 0) is 19.6 Å². The third kappa shape index (κ3) is 5.97. The van der Waals surface area contributed by atoms with Gasteiger partial charge in [-0.3, -0.25) is 14.5 Å². The quantitative estimate of drug-likeness (QED) is 0.331. The molecule has 32 heavy (non-hydrogen) atoms. The predicted molar refractivity (Wildman–Crippen MR) is 134 cm³/mol. The normalized spacial score (nSPS) is 15.5. The van der Waals surface area contributed by atoms with E-state index < -0.39 is 10.0 Å². The summed E-state index contributed by atoms with van der Waals surface area (Å²) >= 11 is 12.9. The van der Waals surface area contributed by atoms with Gasteiger partial charge in [0.1, 0.15) is 10.1 Å². The monoisotopic (exact) mass is 619 g/mol. The summed E-state index contributed by atoms with van der Waals surface area (Å²) < 4.78 is 24.1. The minimum atomic E-state index is -3.82. The van der Waals surface area contributed by atoms with Crippen LogP contribution in [0.2, 0.25) is 0 Å². The van der Waals surface area contributed by atoms with Crippen LogP contribution in [0.5, 0.6) is 5.75 Å². The first-order valence-electron chi connectivity index (χ1n) is 8.82. The van der Waals surface area contributed by atoms with Crippen molar-refractivity contribution in [1.82, 2.24) is 4.90 Å². The van der Waals surface area contributed by atoms with Gasteiger partial charge in [0, 0.05) is 28.7 Å². The number of nitrogens with zero attached hydrogens (tertiary/aromatic N) is 1. The van der Waals surface area contributed by atoms with E-state index in [0.29, 0.717) is 24.9 Å². The summed E-state index contributed by atoms with van der Waals surface area (Å²) in [5, 5.41) is 17.9. The molecule has 13 heteroatoms. The molecular formula is C19H15Br2N3O5S3. The van der Waals surface area contributed by atoms with Crippen LogP contribution >= 0.6 is 55.8 Å². The molecule has 3 rings (SSSR count). The first-order chi connectivity index (χ1) is 15.0. The topological polar surface area (TPSA) is 130 Å². The Morgan fingerprint density at radius 1 is 1.25 bits per heavy atom. The van der Waals surface area contributed by atoms with Crippen molar-refractivity contribution in [1.29, 1.82) is 0 Å². The molecule has 1 heterocycles. The number of hydrogen-bond acceptors (Lipinski definition) is 7. The van der Waals surface area contributed by atoms with E-state index in [0.717, 1.165) is 16.2 Å². The number of hydrogen-bond donors (Lipinski definition) is 3. The number of amides is 2. The van der Waals surface area contributed by atoms with Crippen molar-refractivity contribution >= 4 is 93.8 Å². The fraction of sp³-hybridized carbons (Fsp3) is 0.105. The highest BCUT2D eigenvalue weighted by Crippen LogP contribution is 2.37. The van der Waals surface area contributed by atoms with Crippen LogP contribution in [0, 0.1) is 0 Å². The Bertz CT molecular complexity index is 1250. The Balaban J connectivity index is 1.64. The number of halogens is 2. The molecule has 1 aliphatic rings. The number of carbonyl (C=O) groups excluding carboxylic acids is 2. The van der Waals surface area contributed by atoms with Gasteiger partial charge in [-0.05, 0) is 58.4 Å². The number of carbonyl (C=O) groups is 2. The van der Waals surface area contributed by atoms with Gasteiger partial charge >= 0.3 is 0 Å². The first kappa shape index (κ1) is 24.9. The van der Waals surface area contributed by atoms with Crippen LogP contribution in [-0.4, -0.2) is 41.1 Å². The van der Waals surface area contributed by atoms with Crippen LogP contribution < -0.4 is 10.5 Å². The molecule has 0 saturated carbocycles. The molecule has 4 N–H and O–H groups in total. The van der Waals surface area contributed by atoms with Gasteiger partial charge in [-0.1, -0.05) is 39.9 Å². The fourth-order valence-corrected chi connectivity index (χ4v) is 5.77. The summed E-state index contributed by atoms with van der Waals surface area (Å²) in [6.07, 6.45) is 1.52. The molecule has 0 atom stereocenters. The van der Waals surface area contributed by atoms with E-state index in [1.807, 2.05) is 0 Å². The average Bonchev–Trinajstić information content (AvgIpc) is 2.96. The Labute approximate surface area is 210 Å². The summed E-state index contributed by atoms with van der Waals surface area (Å²) in [6, 6.07) is 8.76. The van der Waals surface area contributed by atoms with Crippen molar-refractivity contribution in [3.63, 3.8) is 0 Å². The molecule has 0 aliphatic carbocycles. The van der Waals surface area contributed by atoms with Crippen molar-refractivity contribution < 1.29 is 23.1 Å². The number of primary sulfonamides is 1. The zero-order valence-corrected chi connectivity index (χ0v) is 21.7. The summed E-state index contributed by atoms with van der Waals surface area (Å²) in [6.45, 7) is 0.0667. The Hall–Kier alpha value is -1.77. The highest BCUT2D eigenvalue weighted by Gasteiger charge is 2.32. The van der Waals surface area contributed by atoms with Gasteiger partial charge in [-0.15, -0.1) is 0 Å². The van der Waals surface area contributed by atoms with Crippen molar-refractivity contribution in [2.45, 2.75) is 11.3 Å². The van der Waals surface area contributed by atoms with Crippen LogP contribution in [0.1, 0.15) is 12.0 Å². The van der Waals surface area contributed by atoms with E-state index in [2.05, 4.69) is 37.2 Å². The number of sulfonamides is 1. The average molecular weight is 621 g/mol. The maximum Gasteiger partial charge on any atom is 0.266 e. The van der Waals surface area contributed by atoms with Crippen LogP contribution in [0.4, 0.5) is 5.69 Å². The molecule has 0 bridgehead atoms. The number of anilines is 1. The van der Waals surface area contributed by atoms with Crippen LogP contribution in [0.25, 0.3) is 6.08 Å². The SMILES string of the molecule is NS(=O)(=O)c1ccc(NC(=O)CCN2C(=O)/C(=C/c3cc(Br)cc(Br)c3O)SC2=S)cc1. The number of thiocarbonyl (C=S) groups is 1. The smallest absolute Gasteiger partial charge is 0.266 e. The molecule has 168 valence electrons. The number of benzene rings is 2. The lowest BCUT2D eigenvalue weighted by Crippen LogP contribution is -2.31. The highest BCUT2D eigenvalue weighted by atomic mass is 79.9. The second-order valence-electron chi connectivity index (χ2n) is 6.53. The summed E-state index contributed by atoms with van der Waals surface area (Å²) in [5.74, 6) is -0.743. The standard InChI is InChI=1S/C19H15Br2N3O5S3/c20-11-7-10(17(26)14(21)9-11)8-15-18(27)24(19(30)31-15)6-5-16(25)23-12-1-3-13(4-2-12)32(22,28)29/h1-4,7-9,26H,5-6H2,(H,23,25)(H2,22,28,29)/b15-8-. The van der Waals surface area contributed by atoms with E-state index in [1.165, 1.54) is 35.2 Å². The number of rotatable bonds is 6. The van der Waals surface area contributed by atoms with E-state index >= 15 is 0 Å². The molecule has 0 aromatic heterocycles. The van der Waals surface area contributed by atoms with Crippen molar-refractivity contribution in [3.8, 4) is 5.75 Å². The Morgan fingerprint density at radius 3 is 2.53 bits per heavy atom. The Kier molecular flexibility index (Phi) is 7.78. The van der Waals surface area contributed by atoms with E-state index in [4.69, 9.17) is 17.4 Å². The third-order valence-electron chi connectivity index (χ3n) is 4.25. The minimum Gasteiger partial charge on any atom is -0.506 e. The van der Waals surface area contributed by atoms with Crippen molar-refractivity contribution in [2.24, 2.45) is 5.14 Å². The summed E-state index contributed by atoms with van der Waals surface area (Å²) in [4.78, 5) is 26.6. The molecule has 1 saturated heterocycles. The molecule has 0 spiro atoms. The number of phenolic OH excluding ortho intramolecular Hbond substituents is 1. The number of phenols is 1. The van der Waals surface area contributed by atoms with E-state index in [-0.39, 0.29) is 35.4 Å². The molecule has 1 fully saturated rings. The summed E-state index contributed by atoms with van der Waals surface area (Å²) in [7, 11) is -3.82. The maximum atomic E-state index is 12.7. The fourth-order valence-electron chi connectivity index (χ4n) is 2.69. The molecule has 0 radical (unpaired) electrons. The molecule has 0 unspecified atom stereocenters. The first-order valence-corrected chi connectivity index (χ1v) is 13.2. The minimum absolute atomic E-state index is 0.00806. The van der Waals surface area contributed by atoms with Crippen LogP contribution in [0.3, 0.4) is 0 Å². The van der Waals surface area contributed by atoms with Gasteiger partial charge in [-0.25, -0.2) is 13.6 Å². The van der Waals surface area contributed by atoms with E-state index in [1.54, 1.807) is 12.1 Å². The van der Waals surface area contributed by atoms with Gasteiger partial charge < -0.3 is 10.4 Å². The van der Waals surface area contributed by atoms with Gasteiger partial charge in [0.05, 0.1) is 14.3 Å². The number of thioether (sulfide) groups is 1. The number of nitrogens with one attached hydrogen (secondary N) is 1. The van der Waals surface area contributed by atoms with E-state index in [9.17, 15) is 23.1 Å². The largest absolute Gasteiger partial charge is 0.506 e. The van der Waals surface area contributed by atoms with Gasteiger partial charge in [-0.2, -0.15) is 0 Å². The zero-order valence-electron chi connectivity index (χ0n) is 16.0. The zero-order chi connectivity index (χ0) is 23.6. The maximum absolute atomic E-state index is 12.7. The van der Waals surface area contributed by atoms with Crippen molar-refractivity contribution in [2.75, 3.05) is 11.9 Å². The van der Waals surface area contributed by atoms with Gasteiger partial charge in [0.15, 0.2) is 0 Å². The van der Waals surface area contributed by atoms with Gasteiger partial charge in [0.25, 0.3) is 5.91 Å². The lowest BCUT2D eigenvalue weighted by Gasteiger charge is -2.14. The molecular weight excluding hydrogens is 606 g/mol. The molecule has 8 nitrogen and oxygen atoms in total. The Morgan fingerprint density at radius 2 is 1.91 bits per heavy atom. The lowest BCUT2D eigenvalue weighted by atomic mass is 10.2. The molecule has 2 aromatic carbocycles. The number of aromatic hydroxyl groups is 1.